The van der Waals surface area contributed by atoms with Crippen LogP contribution in [0, 0.1) is 11.7 Å². The van der Waals surface area contributed by atoms with E-state index in [0.29, 0.717) is 6.04 Å². The first kappa shape index (κ1) is 15.5. The number of benzene rings is 1. The van der Waals surface area contributed by atoms with Gasteiger partial charge in [0, 0.05) is 23.2 Å². The zero-order chi connectivity index (χ0) is 13.4. The molecule has 0 radical (unpaired) electrons. The van der Waals surface area contributed by atoms with Gasteiger partial charge in [-0.3, -0.25) is 0 Å². The minimum atomic E-state index is -0.154. The summed E-state index contributed by atoms with van der Waals surface area (Å²) in [6.07, 6.45) is 2.49. The Morgan fingerprint density at radius 1 is 1.22 bits per heavy atom. The molecule has 0 saturated carbocycles. The summed E-state index contributed by atoms with van der Waals surface area (Å²) in [6, 6.07) is 7.36. The number of nitrogens with one attached hydrogen (secondary N) is 1. The Hall–Kier alpha value is -0.540. The molecule has 3 heteroatoms. The molecule has 0 aliphatic carbocycles. The number of rotatable bonds is 8. The lowest BCUT2D eigenvalue weighted by Crippen LogP contribution is -2.28. The molecule has 18 heavy (non-hydrogen) atoms. The zero-order valence-corrected chi connectivity index (χ0v) is 12.4. The van der Waals surface area contributed by atoms with E-state index in [1.807, 2.05) is 6.07 Å². The summed E-state index contributed by atoms with van der Waals surface area (Å²) in [5, 5.41) is 3.51. The van der Waals surface area contributed by atoms with Crippen molar-refractivity contribution in [3.63, 3.8) is 0 Å². The van der Waals surface area contributed by atoms with Gasteiger partial charge in [0.15, 0.2) is 0 Å². The SMILES string of the molecule is CC(C)CCC(C)NCCSc1cccc(F)c1. The summed E-state index contributed by atoms with van der Waals surface area (Å²) in [4.78, 5) is 1.01. The van der Waals surface area contributed by atoms with Gasteiger partial charge in [0.05, 0.1) is 0 Å². The Morgan fingerprint density at radius 2 is 2.00 bits per heavy atom. The van der Waals surface area contributed by atoms with Crippen LogP contribution in [0.4, 0.5) is 4.39 Å². The summed E-state index contributed by atoms with van der Waals surface area (Å²) in [6.45, 7) is 7.72. The molecule has 0 spiro atoms. The molecule has 0 heterocycles. The first-order valence-corrected chi connectivity index (χ1v) is 7.68. The van der Waals surface area contributed by atoms with Gasteiger partial charge in [0.25, 0.3) is 0 Å². The highest BCUT2D eigenvalue weighted by Gasteiger charge is 2.03. The quantitative estimate of drug-likeness (QED) is 0.557. The lowest BCUT2D eigenvalue weighted by molar-refractivity contribution is 0.460. The van der Waals surface area contributed by atoms with E-state index in [9.17, 15) is 4.39 Å². The van der Waals surface area contributed by atoms with Gasteiger partial charge in [-0.05, 0) is 43.9 Å². The van der Waals surface area contributed by atoms with Crippen LogP contribution in [-0.4, -0.2) is 18.3 Å². The molecule has 0 bridgehead atoms. The third-order valence-electron chi connectivity index (χ3n) is 2.84. The first-order valence-electron chi connectivity index (χ1n) is 6.69. The van der Waals surface area contributed by atoms with Crippen LogP contribution in [0.5, 0.6) is 0 Å². The van der Waals surface area contributed by atoms with Crippen molar-refractivity contribution in [1.29, 1.82) is 0 Å². The molecule has 0 aliphatic heterocycles. The van der Waals surface area contributed by atoms with E-state index in [4.69, 9.17) is 0 Å². The smallest absolute Gasteiger partial charge is 0.124 e. The maximum absolute atomic E-state index is 13.0. The molecule has 102 valence electrons. The van der Waals surface area contributed by atoms with E-state index in [1.54, 1.807) is 23.9 Å². The van der Waals surface area contributed by atoms with Crippen molar-refractivity contribution in [2.75, 3.05) is 12.3 Å². The van der Waals surface area contributed by atoms with E-state index in [-0.39, 0.29) is 5.82 Å². The van der Waals surface area contributed by atoms with E-state index < -0.39 is 0 Å². The van der Waals surface area contributed by atoms with Crippen LogP contribution in [-0.2, 0) is 0 Å². The fourth-order valence-electron chi connectivity index (χ4n) is 1.72. The molecule has 1 N–H and O–H groups in total. The standard InChI is InChI=1S/C15H24FNS/c1-12(2)7-8-13(3)17-9-10-18-15-6-4-5-14(16)11-15/h4-6,11-13,17H,7-10H2,1-3H3. The van der Waals surface area contributed by atoms with E-state index >= 15 is 0 Å². The predicted octanol–water partition coefficient (Wildman–Crippen LogP) is 4.33. The Morgan fingerprint density at radius 3 is 2.67 bits per heavy atom. The van der Waals surface area contributed by atoms with Crippen molar-refractivity contribution in [3.8, 4) is 0 Å². The Kier molecular flexibility index (Phi) is 7.36. The summed E-state index contributed by atoms with van der Waals surface area (Å²) in [5.74, 6) is 1.60. The average molecular weight is 269 g/mol. The lowest BCUT2D eigenvalue weighted by Gasteiger charge is -2.14. The third kappa shape index (κ3) is 7.02. The summed E-state index contributed by atoms with van der Waals surface area (Å²) < 4.78 is 13.0. The molecule has 1 rings (SSSR count). The van der Waals surface area contributed by atoms with Gasteiger partial charge in [0.2, 0.25) is 0 Å². The predicted molar refractivity (Wildman–Crippen MR) is 78.7 cm³/mol. The van der Waals surface area contributed by atoms with Gasteiger partial charge >= 0.3 is 0 Å². The minimum Gasteiger partial charge on any atom is -0.313 e. The fourth-order valence-corrected chi connectivity index (χ4v) is 2.54. The normalized spacial score (nSPS) is 12.9. The van der Waals surface area contributed by atoms with Gasteiger partial charge in [-0.2, -0.15) is 0 Å². The molecule has 0 aromatic heterocycles. The van der Waals surface area contributed by atoms with Crippen LogP contribution in [0.25, 0.3) is 0 Å². The van der Waals surface area contributed by atoms with Crippen LogP contribution in [0.15, 0.2) is 29.2 Å². The molecule has 1 unspecified atom stereocenters. The van der Waals surface area contributed by atoms with Crippen molar-refractivity contribution in [2.45, 2.75) is 44.6 Å². The molecule has 1 aromatic rings. The second kappa shape index (κ2) is 8.54. The van der Waals surface area contributed by atoms with Crippen LogP contribution in [0.2, 0.25) is 0 Å². The van der Waals surface area contributed by atoms with Crippen molar-refractivity contribution < 1.29 is 4.39 Å². The second-order valence-electron chi connectivity index (χ2n) is 5.13. The highest BCUT2D eigenvalue weighted by atomic mass is 32.2. The number of halogens is 1. The van der Waals surface area contributed by atoms with Gasteiger partial charge in [-0.15, -0.1) is 11.8 Å². The second-order valence-corrected chi connectivity index (χ2v) is 6.30. The topological polar surface area (TPSA) is 12.0 Å². The molecular formula is C15H24FNS. The van der Waals surface area contributed by atoms with Crippen molar-refractivity contribution in [1.82, 2.24) is 5.32 Å². The molecule has 1 atom stereocenters. The highest BCUT2D eigenvalue weighted by Crippen LogP contribution is 2.17. The highest BCUT2D eigenvalue weighted by molar-refractivity contribution is 7.99. The number of hydrogen-bond acceptors (Lipinski definition) is 2. The third-order valence-corrected chi connectivity index (χ3v) is 3.83. The van der Waals surface area contributed by atoms with Gasteiger partial charge < -0.3 is 5.32 Å². The number of hydrogen-bond donors (Lipinski definition) is 1. The van der Waals surface area contributed by atoms with E-state index in [2.05, 4.69) is 26.1 Å². The zero-order valence-electron chi connectivity index (χ0n) is 11.6. The number of thioether (sulfide) groups is 1. The van der Waals surface area contributed by atoms with Crippen LogP contribution < -0.4 is 5.32 Å². The lowest BCUT2D eigenvalue weighted by atomic mass is 10.0. The maximum atomic E-state index is 13.0. The summed E-state index contributed by atoms with van der Waals surface area (Å²) in [5.41, 5.74) is 0. The Bertz CT molecular complexity index is 341. The molecule has 0 amide bonds. The van der Waals surface area contributed by atoms with Gasteiger partial charge in [-0.1, -0.05) is 19.9 Å². The summed E-state index contributed by atoms with van der Waals surface area (Å²) >= 11 is 1.70. The van der Waals surface area contributed by atoms with E-state index in [0.717, 1.165) is 23.1 Å². The molecule has 0 aliphatic rings. The summed E-state index contributed by atoms with van der Waals surface area (Å²) in [7, 11) is 0. The molecule has 0 saturated heterocycles. The molecule has 1 aromatic carbocycles. The van der Waals surface area contributed by atoms with Crippen LogP contribution >= 0.6 is 11.8 Å². The van der Waals surface area contributed by atoms with Crippen molar-refractivity contribution >= 4 is 11.8 Å². The van der Waals surface area contributed by atoms with E-state index in [1.165, 1.54) is 18.9 Å². The van der Waals surface area contributed by atoms with Crippen LogP contribution in [0.1, 0.15) is 33.6 Å². The van der Waals surface area contributed by atoms with Crippen molar-refractivity contribution in [2.24, 2.45) is 5.92 Å². The average Bonchev–Trinajstić information content (AvgIpc) is 2.32. The fraction of sp³-hybridized carbons (Fsp3) is 0.600. The minimum absolute atomic E-state index is 0.154. The van der Waals surface area contributed by atoms with Crippen LogP contribution in [0.3, 0.4) is 0 Å². The monoisotopic (exact) mass is 269 g/mol. The largest absolute Gasteiger partial charge is 0.313 e. The molecule has 0 fully saturated rings. The molecule has 1 nitrogen and oxygen atoms in total. The first-order chi connectivity index (χ1) is 8.58. The van der Waals surface area contributed by atoms with Gasteiger partial charge in [0.1, 0.15) is 5.82 Å². The van der Waals surface area contributed by atoms with Gasteiger partial charge in [-0.25, -0.2) is 4.39 Å². The van der Waals surface area contributed by atoms with Crippen molar-refractivity contribution in [3.05, 3.63) is 30.1 Å². The Labute approximate surface area is 115 Å². The Balaban J connectivity index is 2.11. The molecular weight excluding hydrogens is 245 g/mol. The maximum Gasteiger partial charge on any atom is 0.124 e.